The highest BCUT2D eigenvalue weighted by Crippen LogP contribution is 2.05. The molecule has 0 saturated carbocycles. The van der Waals surface area contributed by atoms with Crippen LogP contribution in [0.2, 0.25) is 0 Å². The minimum absolute atomic E-state index is 0.241. The zero-order chi connectivity index (χ0) is 10.6. The lowest BCUT2D eigenvalue weighted by Gasteiger charge is -2.26. The number of aliphatic hydroxyl groups is 4. The number of nitrogens with zero attached hydrogens (tertiary/aromatic N) is 1. The first-order chi connectivity index (χ1) is 5.86. The second-order valence-corrected chi connectivity index (χ2v) is 3.55. The maximum atomic E-state index is 9.34. The van der Waals surface area contributed by atoms with Crippen molar-refractivity contribution in [1.29, 1.82) is 0 Å². The van der Waals surface area contributed by atoms with E-state index in [-0.39, 0.29) is 6.54 Å². The normalized spacial score (nSPS) is 21.2. The standard InChI is InChI=1S/C8H19NO4/c1-5(10)7(12)8(13)6(11)4-9(2)3/h5-8,10-13H,4H2,1-3H3. The van der Waals surface area contributed by atoms with Gasteiger partial charge in [-0.25, -0.2) is 0 Å². The summed E-state index contributed by atoms with van der Waals surface area (Å²) in [6, 6.07) is 0. The molecule has 80 valence electrons. The van der Waals surface area contributed by atoms with E-state index in [4.69, 9.17) is 5.11 Å². The van der Waals surface area contributed by atoms with Gasteiger partial charge < -0.3 is 25.3 Å². The second-order valence-electron chi connectivity index (χ2n) is 3.55. The highest BCUT2D eigenvalue weighted by atomic mass is 16.4. The third-order valence-corrected chi connectivity index (χ3v) is 1.79. The first kappa shape index (κ1) is 12.8. The molecule has 0 heterocycles. The van der Waals surface area contributed by atoms with E-state index < -0.39 is 24.4 Å². The lowest BCUT2D eigenvalue weighted by atomic mass is 10.0. The molecule has 0 aliphatic heterocycles. The van der Waals surface area contributed by atoms with E-state index in [0.717, 1.165) is 0 Å². The topological polar surface area (TPSA) is 84.2 Å². The van der Waals surface area contributed by atoms with Crippen molar-refractivity contribution in [2.45, 2.75) is 31.3 Å². The van der Waals surface area contributed by atoms with Crippen LogP contribution in [0.3, 0.4) is 0 Å². The first-order valence-corrected chi connectivity index (χ1v) is 4.23. The summed E-state index contributed by atoms with van der Waals surface area (Å²) in [5.41, 5.74) is 0. The number of hydrogen-bond acceptors (Lipinski definition) is 5. The van der Waals surface area contributed by atoms with E-state index in [1.165, 1.54) is 6.92 Å². The first-order valence-electron chi connectivity index (χ1n) is 4.23. The van der Waals surface area contributed by atoms with Crippen LogP contribution in [-0.2, 0) is 0 Å². The Hall–Kier alpha value is -0.200. The Morgan fingerprint density at radius 1 is 1.00 bits per heavy atom. The van der Waals surface area contributed by atoms with Gasteiger partial charge in [-0.05, 0) is 21.0 Å². The van der Waals surface area contributed by atoms with Gasteiger partial charge in [0.1, 0.15) is 12.2 Å². The van der Waals surface area contributed by atoms with Crippen molar-refractivity contribution in [2.24, 2.45) is 0 Å². The molecule has 0 aliphatic rings. The molecule has 4 N–H and O–H groups in total. The molecule has 0 aliphatic carbocycles. The number of aliphatic hydroxyl groups excluding tert-OH is 4. The minimum atomic E-state index is -1.32. The van der Waals surface area contributed by atoms with Gasteiger partial charge in [-0.3, -0.25) is 0 Å². The van der Waals surface area contributed by atoms with E-state index in [1.807, 2.05) is 0 Å². The summed E-state index contributed by atoms with van der Waals surface area (Å²) in [6.45, 7) is 1.60. The van der Waals surface area contributed by atoms with Crippen LogP contribution in [0.1, 0.15) is 6.92 Å². The van der Waals surface area contributed by atoms with E-state index in [2.05, 4.69) is 0 Å². The van der Waals surface area contributed by atoms with Crippen molar-refractivity contribution in [3.63, 3.8) is 0 Å². The lowest BCUT2D eigenvalue weighted by molar-refractivity contribution is -0.103. The van der Waals surface area contributed by atoms with Crippen molar-refractivity contribution < 1.29 is 20.4 Å². The van der Waals surface area contributed by atoms with Gasteiger partial charge in [0.2, 0.25) is 0 Å². The molecule has 0 spiro atoms. The van der Waals surface area contributed by atoms with E-state index in [0.29, 0.717) is 0 Å². The summed E-state index contributed by atoms with van der Waals surface area (Å²) in [7, 11) is 3.48. The predicted molar refractivity (Wildman–Crippen MR) is 48.3 cm³/mol. The molecule has 0 aromatic carbocycles. The Bertz CT molecular complexity index is 140. The van der Waals surface area contributed by atoms with Gasteiger partial charge in [-0.2, -0.15) is 0 Å². The smallest absolute Gasteiger partial charge is 0.109 e. The fourth-order valence-corrected chi connectivity index (χ4v) is 0.995. The number of hydrogen-bond donors (Lipinski definition) is 4. The molecular weight excluding hydrogens is 174 g/mol. The summed E-state index contributed by atoms with van der Waals surface area (Å²) in [4.78, 5) is 1.68. The van der Waals surface area contributed by atoms with Crippen molar-refractivity contribution in [1.82, 2.24) is 4.90 Å². The third-order valence-electron chi connectivity index (χ3n) is 1.79. The largest absolute Gasteiger partial charge is 0.391 e. The van der Waals surface area contributed by atoms with Crippen LogP contribution in [0, 0.1) is 0 Å². The zero-order valence-corrected chi connectivity index (χ0v) is 8.25. The molecule has 0 rings (SSSR count). The van der Waals surface area contributed by atoms with Crippen molar-refractivity contribution in [2.75, 3.05) is 20.6 Å². The zero-order valence-electron chi connectivity index (χ0n) is 8.25. The van der Waals surface area contributed by atoms with E-state index in [1.54, 1.807) is 19.0 Å². The van der Waals surface area contributed by atoms with Gasteiger partial charge in [0.15, 0.2) is 0 Å². The molecule has 0 saturated heterocycles. The Morgan fingerprint density at radius 3 is 1.77 bits per heavy atom. The van der Waals surface area contributed by atoms with Gasteiger partial charge in [0.25, 0.3) is 0 Å². The third kappa shape index (κ3) is 4.54. The fraction of sp³-hybridized carbons (Fsp3) is 1.00. The molecule has 5 nitrogen and oxygen atoms in total. The average Bonchev–Trinajstić information content (AvgIpc) is 2.00. The SMILES string of the molecule is CC(O)C(O)C(O)C(O)CN(C)C. The van der Waals surface area contributed by atoms with E-state index >= 15 is 0 Å². The molecule has 4 atom stereocenters. The second kappa shape index (κ2) is 5.51. The summed E-state index contributed by atoms with van der Waals surface area (Å²) in [5, 5.41) is 36.8. The van der Waals surface area contributed by atoms with Gasteiger partial charge >= 0.3 is 0 Å². The Balaban J connectivity index is 4.01. The summed E-state index contributed by atoms with van der Waals surface area (Å²) in [6.07, 6.45) is -4.73. The highest BCUT2D eigenvalue weighted by Gasteiger charge is 2.27. The molecule has 0 aromatic heterocycles. The van der Waals surface area contributed by atoms with Crippen molar-refractivity contribution >= 4 is 0 Å². The van der Waals surface area contributed by atoms with Gasteiger partial charge in [-0.1, -0.05) is 0 Å². The van der Waals surface area contributed by atoms with Crippen LogP contribution in [-0.4, -0.2) is 70.4 Å². The summed E-state index contributed by atoms with van der Waals surface area (Å²) >= 11 is 0. The maximum Gasteiger partial charge on any atom is 0.109 e. The van der Waals surface area contributed by atoms with Crippen LogP contribution >= 0.6 is 0 Å². The molecule has 0 bridgehead atoms. The predicted octanol–water partition coefficient (Wildman–Crippen LogP) is -1.99. The molecular formula is C8H19NO4. The van der Waals surface area contributed by atoms with E-state index in [9.17, 15) is 15.3 Å². The fourth-order valence-electron chi connectivity index (χ4n) is 0.995. The molecule has 0 fully saturated rings. The molecule has 0 radical (unpaired) electrons. The number of rotatable bonds is 5. The molecule has 4 unspecified atom stereocenters. The number of likely N-dealkylation sites (N-methyl/N-ethyl adjacent to an activating group) is 1. The van der Waals surface area contributed by atoms with Crippen LogP contribution < -0.4 is 0 Å². The van der Waals surface area contributed by atoms with Crippen molar-refractivity contribution in [3.05, 3.63) is 0 Å². The quantitative estimate of drug-likeness (QED) is 0.406. The summed E-state index contributed by atoms with van der Waals surface area (Å²) < 4.78 is 0. The van der Waals surface area contributed by atoms with Gasteiger partial charge in [0, 0.05) is 6.54 Å². The maximum absolute atomic E-state index is 9.34. The highest BCUT2D eigenvalue weighted by molar-refractivity contribution is 4.79. The van der Waals surface area contributed by atoms with Crippen LogP contribution in [0.15, 0.2) is 0 Å². The van der Waals surface area contributed by atoms with Gasteiger partial charge in [-0.15, -0.1) is 0 Å². The van der Waals surface area contributed by atoms with Crippen LogP contribution in [0.4, 0.5) is 0 Å². The molecule has 0 amide bonds. The monoisotopic (exact) mass is 193 g/mol. The molecule has 5 heteroatoms. The molecule has 0 aromatic rings. The van der Waals surface area contributed by atoms with Crippen molar-refractivity contribution in [3.8, 4) is 0 Å². The lowest BCUT2D eigenvalue weighted by Crippen LogP contribution is -2.47. The summed E-state index contributed by atoms with van der Waals surface area (Å²) in [5.74, 6) is 0. The van der Waals surface area contributed by atoms with Crippen LogP contribution in [0.25, 0.3) is 0 Å². The Labute approximate surface area is 78.2 Å². The van der Waals surface area contributed by atoms with Crippen LogP contribution in [0.5, 0.6) is 0 Å². The Kier molecular flexibility index (Phi) is 5.43. The average molecular weight is 193 g/mol. The molecule has 13 heavy (non-hydrogen) atoms. The van der Waals surface area contributed by atoms with Gasteiger partial charge in [0.05, 0.1) is 12.2 Å². The Morgan fingerprint density at radius 2 is 1.46 bits per heavy atom. The minimum Gasteiger partial charge on any atom is -0.391 e.